The summed E-state index contributed by atoms with van der Waals surface area (Å²) in [6, 6.07) is 6.49. The Morgan fingerprint density at radius 3 is 2.35 bits per heavy atom. The number of nitrogens with two attached hydrogens (primary N) is 1. The zero-order chi connectivity index (χ0) is 14.9. The van der Waals surface area contributed by atoms with E-state index in [0.29, 0.717) is 25.8 Å². The van der Waals surface area contributed by atoms with Crippen LogP contribution in [0.25, 0.3) is 0 Å². The van der Waals surface area contributed by atoms with E-state index in [2.05, 4.69) is 31.9 Å². The van der Waals surface area contributed by atoms with Gasteiger partial charge in [0.1, 0.15) is 17.4 Å². The molecule has 6 heteroatoms. The van der Waals surface area contributed by atoms with Crippen molar-refractivity contribution in [1.82, 2.24) is 0 Å². The molecule has 0 heterocycles. The summed E-state index contributed by atoms with van der Waals surface area (Å²) in [6.07, 6.45) is 0. The van der Waals surface area contributed by atoms with Gasteiger partial charge in [0.2, 0.25) is 0 Å². The molecule has 0 saturated heterocycles. The number of hydrogen-bond donors (Lipinski definition) is 1. The maximum Gasteiger partial charge on any atom is 0.141 e. The van der Waals surface area contributed by atoms with E-state index in [0.717, 1.165) is 0 Å². The molecule has 2 aromatic rings. The minimum Gasteiger partial charge on any atom is -0.496 e. The summed E-state index contributed by atoms with van der Waals surface area (Å²) in [5, 5.41) is 0. The van der Waals surface area contributed by atoms with Crippen LogP contribution < -0.4 is 10.5 Å². The van der Waals surface area contributed by atoms with Gasteiger partial charge in [-0.25, -0.2) is 8.78 Å². The molecule has 2 nitrogen and oxygen atoms in total. The van der Waals surface area contributed by atoms with E-state index < -0.39 is 11.9 Å². The number of ether oxygens (including phenoxy) is 1. The third kappa shape index (κ3) is 3.02. The Hall–Kier alpha value is -0.980. The van der Waals surface area contributed by atoms with E-state index in [1.807, 2.05) is 0 Å². The molecule has 1 atom stereocenters. The second-order valence-electron chi connectivity index (χ2n) is 4.15. The van der Waals surface area contributed by atoms with Gasteiger partial charge in [-0.3, -0.25) is 0 Å². The van der Waals surface area contributed by atoms with E-state index in [-0.39, 0.29) is 5.82 Å². The lowest BCUT2D eigenvalue weighted by atomic mass is 9.98. The summed E-state index contributed by atoms with van der Waals surface area (Å²) < 4.78 is 32.6. The van der Waals surface area contributed by atoms with Gasteiger partial charge in [0.15, 0.2) is 0 Å². The van der Waals surface area contributed by atoms with Crippen molar-refractivity contribution >= 4 is 31.9 Å². The molecule has 0 aromatic heterocycles. The SMILES string of the molecule is COc1cc(F)c(Br)cc1C(N)c1ccc(F)cc1Br. The molecule has 0 saturated carbocycles. The highest BCUT2D eigenvalue weighted by Crippen LogP contribution is 2.35. The molecule has 0 aliphatic heterocycles. The Morgan fingerprint density at radius 1 is 1.05 bits per heavy atom. The molecular formula is C14H11Br2F2NO. The molecule has 20 heavy (non-hydrogen) atoms. The Bertz CT molecular complexity index is 649. The van der Waals surface area contributed by atoms with Crippen LogP contribution in [-0.4, -0.2) is 7.11 Å². The molecule has 106 valence electrons. The Morgan fingerprint density at radius 2 is 1.75 bits per heavy atom. The topological polar surface area (TPSA) is 35.2 Å². The molecular weight excluding hydrogens is 396 g/mol. The molecule has 0 amide bonds. The number of methoxy groups -OCH3 is 1. The predicted molar refractivity (Wildman–Crippen MR) is 80.8 cm³/mol. The fraction of sp³-hybridized carbons (Fsp3) is 0.143. The lowest BCUT2D eigenvalue weighted by Gasteiger charge is -2.18. The van der Waals surface area contributed by atoms with Crippen molar-refractivity contribution in [1.29, 1.82) is 0 Å². The molecule has 0 fully saturated rings. The standard InChI is InChI=1S/C14H11Br2F2NO/c1-20-13-6-12(18)11(16)5-9(13)14(19)8-3-2-7(17)4-10(8)15/h2-6,14H,19H2,1H3. The fourth-order valence-electron chi connectivity index (χ4n) is 1.89. The summed E-state index contributed by atoms with van der Waals surface area (Å²) in [4.78, 5) is 0. The van der Waals surface area contributed by atoms with Crippen molar-refractivity contribution in [2.45, 2.75) is 6.04 Å². The molecule has 0 aliphatic carbocycles. The largest absolute Gasteiger partial charge is 0.496 e. The maximum absolute atomic E-state index is 13.5. The van der Waals surface area contributed by atoms with Crippen molar-refractivity contribution in [3.8, 4) is 5.75 Å². The van der Waals surface area contributed by atoms with Crippen LogP contribution in [0.5, 0.6) is 5.75 Å². The van der Waals surface area contributed by atoms with Crippen LogP contribution >= 0.6 is 31.9 Å². The van der Waals surface area contributed by atoms with Gasteiger partial charge >= 0.3 is 0 Å². The van der Waals surface area contributed by atoms with Crippen LogP contribution in [0.4, 0.5) is 8.78 Å². The quantitative estimate of drug-likeness (QED) is 0.811. The van der Waals surface area contributed by atoms with Gasteiger partial charge < -0.3 is 10.5 Å². The van der Waals surface area contributed by atoms with Crippen LogP contribution in [0.3, 0.4) is 0 Å². The van der Waals surface area contributed by atoms with E-state index in [9.17, 15) is 8.78 Å². The first kappa shape index (κ1) is 15.4. The zero-order valence-electron chi connectivity index (χ0n) is 10.5. The van der Waals surface area contributed by atoms with Crippen molar-refractivity contribution in [3.63, 3.8) is 0 Å². The van der Waals surface area contributed by atoms with Crippen LogP contribution in [0.15, 0.2) is 39.3 Å². The highest BCUT2D eigenvalue weighted by atomic mass is 79.9. The van der Waals surface area contributed by atoms with Crippen molar-refractivity contribution in [2.75, 3.05) is 7.11 Å². The maximum atomic E-state index is 13.5. The molecule has 0 spiro atoms. The van der Waals surface area contributed by atoms with Gasteiger partial charge in [-0.15, -0.1) is 0 Å². The summed E-state index contributed by atoms with van der Waals surface area (Å²) in [7, 11) is 1.44. The highest BCUT2D eigenvalue weighted by molar-refractivity contribution is 9.10. The first-order valence-corrected chi connectivity index (χ1v) is 7.26. The lowest BCUT2D eigenvalue weighted by molar-refractivity contribution is 0.404. The van der Waals surface area contributed by atoms with Gasteiger partial charge in [0.05, 0.1) is 17.6 Å². The van der Waals surface area contributed by atoms with Gasteiger partial charge in [-0.05, 0) is 39.7 Å². The van der Waals surface area contributed by atoms with E-state index in [1.54, 1.807) is 12.1 Å². The molecule has 0 radical (unpaired) electrons. The van der Waals surface area contributed by atoms with Crippen molar-refractivity contribution in [2.24, 2.45) is 5.73 Å². The molecule has 2 rings (SSSR count). The van der Waals surface area contributed by atoms with Crippen molar-refractivity contribution < 1.29 is 13.5 Å². The Kier molecular flexibility index (Phi) is 4.78. The molecule has 2 N–H and O–H groups in total. The van der Waals surface area contributed by atoms with Crippen LogP contribution in [-0.2, 0) is 0 Å². The summed E-state index contributed by atoms with van der Waals surface area (Å²) >= 11 is 6.40. The van der Waals surface area contributed by atoms with E-state index in [4.69, 9.17) is 10.5 Å². The predicted octanol–water partition coefficient (Wildman–Crippen LogP) is 4.55. The van der Waals surface area contributed by atoms with E-state index in [1.165, 1.54) is 25.3 Å². The second kappa shape index (κ2) is 6.20. The Balaban J connectivity index is 2.52. The average Bonchev–Trinajstić information content (AvgIpc) is 2.40. The van der Waals surface area contributed by atoms with Crippen LogP contribution in [0.1, 0.15) is 17.2 Å². The minimum absolute atomic E-state index is 0.294. The summed E-state index contributed by atoms with van der Waals surface area (Å²) in [6.45, 7) is 0. The van der Waals surface area contributed by atoms with Gasteiger partial charge in [0, 0.05) is 16.1 Å². The monoisotopic (exact) mass is 405 g/mol. The normalized spacial score (nSPS) is 12.3. The fourth-order valence-corrected chi connectivity index (χ4v) is 2.84. The van der Waals surface area contributed by atoms with Crippen LogP contribution in [0.2, 0.25) is 0 Å². The minimum atomic E-state index is -0.572. The van der Waals surface area contributed by atoms with Crippen LogP contribution in [0, 0.1) is 11.6 Å². The van der Waals surface area contributed by atoms with Gasteiger partial charge in [0.25, 0.3) is 0 Å². The van der Waals surface area contributed by atoms with Crippen molar-refractivity contribution in [3.05, 3.63) is 62.0 Å². The molecule has 2 aromatic carbocycles. The number of benzene rings is 2. The summed E-state index contributed by atoms with van der Waals surface area (Å²) in [5.41, 5.74) is 7.48. The molecule has 0 bridgehead atoms. The molecule has 1 unspecified atom stereocenters. The van der Waals surface area contributed by atoms with Gasteiger partial charge in [-0.1, -0.05) is 22.0 Å². The first-order chi connectivity index (χ1) is 9.43. The lowest BCUT2D eigenvalue weighted by Crippen LogP contribution is -2.14. The second-order valence-corrected chi connectivity index (χ2v) is 5.86. The summed E-state index contributed by atoms with van der Waals surface area (Å²) in [5.74, 6) is -0.453. The average molecular weight is 407 g/mol. The third-order valence-electron chi connectivity index (χ3n) is 2.91. The molecule has 0 aliphatic rings. The first-order valence-electron chi connectivity index (χ1n) is 5.67. The zero-order valence-corrected chi connectivity index (χ0v) is 13.6. The van der Waals surface area contributed by atoms with E-state index >= 15 is 0 Å². The Labute approximate surface area is 132 Å². The smallest absolute Gasteiger partial charge is 0.141 e. The number of halogens is 4. The third-order valence-corrected chi connectivity index (χ3v) is 4.20. The van der Waals surface area contributed by atoms with Gasteiger partial charge in [-0.2, -0.15) is 0 Å². The number of rotatable bonds is 3. The number of hydrogen-bond acceptors (Lipinski definition) is 2. The highest BCUT2D eigenvalue weighted by Gasteiger charge is 2.19.